The van der Waals surface area contributed by atoms with Crippen molar-refractivity contribution in [2.75, 3.05) is 4.72 Å². The Kier molecular flexibility index (Phi) is 3.17. The number of hydrogen-bond acceptors (Lipinski definition) is 3. The predicted molar refractivity (Wildman–Crippen MR) is 82.7 cm³/mol. The molecule has 0 fully saturated rings. The van der Waals surface area contributed by atoms with Crippen LogP contribution in [0.25, 0.3) is 10.8 Å². The van der Waals surface area contributed by atoms with Crippen molar-refractivity contribution in [2.45, 2.75) is 11.8 Å². The number of nitrogens with one attached hydrogen (secondary N) is 1. The van der Waals surface area contributed by atoms with E-state index in [9.17, 15) is 8.42 Å². The Bertz CT molecular complexity index is 914. The molecule has 0 radical (unpaired) electrons. The molecular formula is C15H15N3O2S. The molecule has 0 atom stereocenters. The molecule has 0 saturated carbocycles. The maximum atomic E-state index is 12.5. The van der Waals surface area contributed by atoms with Crippen LogP contribution in [0.5, 0.6) is 0 Å². The Morgan fingerprint density at radius 2 is 1.81 bits per heavy atom. The minimum absolute atomic E-state index is 0.240. The molecule has 0 unspecified atom stereocenters. The van der Waals surface area contributed by atoms with Crippen molar-refractivity contribution in [3.63, 3.8) is 0 Å². The van der Waals surface area contributed by atoms with Crippen LogP contribution < -0.4 is 4.72 Å². The summed E-state index contributed by atoms with van der Waals surface area (Å²) in [6.07, 6.45) is 1.51. The van der Waals surface area contributed by atoms with Gasteiger partial charge in [0.2, 0.25) is 0 Å². The van der Waals surface area contributed by atoms with Crippen LogP contribution in [0.1, 0.15) is 5.69 Å². The molecule has 0 amide bonds. The van der Waals surface area contributed by atoms with Gasteiger partial charge in [0.15, 0.2) is 0 Å². The Morgan fingerprint density at radius 3 is 2.48 bits per heavy atom. The van der Waals surface area contributed by atoms with Crippen molar-refractivity contribution < 1.29 is 8.42 Å². The number of nitrogens with zero attached hydrogens (tertiary/aromatic N) is 2. The zero-order valence-electron chi connectivity index (χ0n) is 11.7. The lowest BCUT2D eigenvalue weighted by atomic mass is 10.1. The number of anilines is 1. The Labute approximate surface area is 123 Å². The zero-order valence-corrected chi connectivity index (χ0v) is 12.6. The molecule has 5 nitrogen and oxygen atoms in total. The number of aromatic nitrogens is 2. The molecular weight excluding hydrogens is 286 g/mol. The summed E-state index contributed by atoms with van der Waals surface area (Å²) in [5, 5.41) is 5.93. The van der Waals surface area contributed by atoms with Gasteiger partial charge in [0.1, 0.15) is 0 Å². The number of sulfonamides is 1. The predicted octanol–water partition coefficient (Wildman–Crippen LogP) is 2.68. The normalized spacial score (nSPS) is 11.7. The summed E-state index contributed by atoms with van der Waals surface area (Å²) in [5.41, 5.74) is 1.25. The second-order valence-electron chi connectivity index (χ2n) is 4.88. The van der Waals surface area contributed by atoms with E-state index in [1.807, 2.05) is 31.2 Å². The van der Waals surface area contributed by atoms with E-state index in [2.05, 4.69) is 9.82 Å². The largest absolute Gasteiger partial charge is 0.276 e. The maximum absolute atomic E-state index is 12.5. The number of rotatable bonds is 3. The van der Waals surface area contributed by atoms with E-state index in [0.717, 1.165) is 16.5 Å². The molecule has 2 aromatic carbocycles. The Morgan fingerprint density at radius 1 is 1.10 bits per heavy atom. The quantitative estimate of drug-likeness (QED) is 0.809. The van der Waals surface area contributed by atoms with Crippen molar-refractivity contribution >= 4 is 26.5 Å². The number of aryl methyl sites for hydroxylation is 1. The molecule has 0 saturated heterocycles. The van der Waals surface area contributed by atoms with Gasteiger partial charge >= 0.3 is 0 Å². The fourth-order valence-electron chi connectivity index (χ4n) is 2.14. The van der Waals surface area contributed by atoms with Crippen LogP contribution in [-0.4, -0.2) is 18.2 Å². The van der Waals surface area contributed by atoms with Gasteiger partial charge in [-0.1, -0.05) is 30.3 Å². The van der Waals surface area contributed by atoms with E-state index in [-0.39, 0.29) is 4.90 Å². The van der Waals surface area contributed by atoms with Gasteiger partial charge in [0.25, 0.3) is 10.0 Å². The molecule has 3 rings (SSSR count). The number of fused-ring (bicyclic) bond motifs is 1. The third-order valence-corrected chi connectivity index (χ3v) is 4.87. The second-order valence-corrected chi connectivity index (χ2v) is 6.56. The summed E-state index contributed by atoms with van der Waals surface area (Å²) in [5.74, 6) is 0. The van der Waals surface area contributed by atoms with E-state index >= 15 is 0 Å². The van der Waals surface area contributed by atoms with E-state index in [1.54, 1.807) is 29.9 Å². The average molecular weight is 301 g/mol. The molecule has 0 aliphatic rings. The fraction of sp³-hybridized carbons (Fsp3) is 0.133. The van der Waals surface area contributed by atoms with E-state index in [4.69, 9.17) is 0 Å². The number of hydrogen-bond donors (Lipinski definition) is 1. The van der Waals surface area contributed by atoms with Crippen LogP contribution in [0, 0.1) is 6.92 Å². The zero-order chi connectivity index (χ0) is 15.0. The molecule has 1 aromatic heterocycles. The van der Waals surface area contributed by atoms with Crippen molar-refractivity contribution in [1.29, 1.82) is 0 Å². The van der Waals surface area contributed by atoms with Crippen molar-refractivity contribution in [1.82, 2.24) is 9.78 Å². The molecule has 108 valence electrons. The van der Waals surface area contributed by atoms with Crippen LogP contribution in [0.4, 0.5) is 5.69 Å². The lowest BCUT2D eigenvalue weighted by Crippen LogP contribution is -2.13. The standard InChI is InChI=1S/C15H15N3O2S/c1-11-15(10-16-18(11)2)17-21(19,20)14-8-7-12-5-3-4-6-13(12)9-14/h3-10,17H,1-2H3. The maximum Gasteiger partial charge on any atom is 0.262 e. The van der Waals surface area contributed by atoms with Gasteiger partial charge in [-0.2, -0.15) is 5.10 Å². The topological polar surface area (TPSA) is 64.0 Å². The van der Waals surface area contributed by atoms with Gasteiger partial charge in [0, 0.05) is 7.05 Å². The van der Waals surface area contributed by atoms with Crippen LogP contribution >= 0.6 is 0 Å². The highest BCUT2D eigenvalue weighted by Gasteiger charge is 2.17. The Hall–Kier alpha value is -2.34. The van der Waals surface area contributed by atoms with E-state index < -0.39 is 10.0 Å². The lowest BCUT2D eigenvalue weighted by Gasteiger charge is -2.08. The molecule has 0 aliphatic heterocycles. The molecule has 21 heavy (non-hydrogen) atoms. The fourth-order valence-corrected chi connectivity index (χ4v) is 3.27. The van der Waals surface area contributed by atoms with Crippen LogP contribution in [0.2, 0.25) is 0 Å². The summed E-state index contributed by atoms with van der Waals surface area (Å²) in [7, 11) is -1.85. The summed E-state index contributed by atoms with van der Waals surface area (Å²) < 4.78 is 29.1. The lowest BCUT2D eigenvalue weighted by molar-refractivity contribution is 0.601. The van der Waals surface area contributed by atoms with Crippen LogP contribution in [0.15, 0.2) is 53.6 Å². The molecule has 0 bridgehead atoms. The van der Waals surface area contributed by atoms with E-state index in [1.165, 1.54) is 6.20 Å². The van der Waals surface area contributed by atoms with Gasteiger partial charge < -0.3 is 0 Å². The van der Waals surface area contributed by atoms with Gasteiger partial charge in [-0.3, -0.25) is 9.40 Å². The summed E-state index contributed by atoms with van der Waals surface area (Å²) >= 11 is 0. The molecule has 3 aromatic rings. The van der Waals surface area contributed by atoms with Gasteiger partial charge in [-0.05, 0) is 29.8 Å². The summed E-state index contributed by atoms with van der Waals surface area (Å²) in [6, 6.07) is 12.7. The van der Waals surface area contributed by atoms with Gasteiger partial charge in [-0.15, -0.1) is 0 Å². The Balaban J connectivity index is 2.02. The highest BCUT2D eigenvalue weighted by molar-refractivity contribution is 7.92. The van der Waals surface area contributed by atoms with Crippen LogP contribution in [-0.2, 0) is 17.1 Å². The molecule has 0 aliphatic carbocycles. The second kappa shape index (κ2) is 4.89. The first-order valence-electron chi connectivity index (χ1n) is 6.47. The first kappa shape index (κ1) is 13.6. The SMILES string of the molecule is Cc1c(NS(=O)(=O)c2ccc3ccccc3c2)cnn1C. The molecule has 1 N–H and O–H groups in total. The van der Waals surface area contributed by atoms with Gasteiger partial charge in [0.05, 0.1) is 22.5 Å². The third kappa shape index (κ3) is 2.50. The molecule has 6 heteroatoms. The highest BCUT2D eigenvalue weighted by Crippen LogP contribution is 2.22. The average Bonchev–Trinajstić information content (AvgIpc) is 2.78. The first-order valence-corrected chi connectivity index (χ1v) is 7.96. The monoisotopic (exact) mass is 301 g/mol. The summed E-state index contributed by atoms with van der Waals surface area (Å²) in [4.78, 5) is 0.240. The van der Waals surface area contributed by atoms with Crippen molar-refractivity contribution in [3.8, 4) is 0 Å². The molecule has 1 heterocycles. The summed E-state index contributed by atoms with van der Waals surface area (Å²) in [6.45, 7) is 1.81. The minimum Gasteiger partial charge on any atom is -0.276 e. The van der Waals surface area contributed by atoms with Crippen LogP contribution in [0.3, 0.4) is 0 Å². The molecule has 0 spiro atoms. The van der Waals surface area contributed by atoms with Crippen molar-refractivity contribution in [2.24, 2.45) is 7.05 Å². The third-order valence-electron chi connectivity index (χ3n) is 3.51. The van der Waals surface area contributed by atoms with Crippen molar-refractivity contribution in [3.05, 3.63) is 54.4 Å². The minimum atomic E-state index is -3.62. The van der Waals surface area contributed by atoms with Gasteiger partial charge in [-0.25, -0.2) is 8.42 Å². The highest BCUT2D eigenvalue weighted by atomic mass is 32.2. The first-order chi connectivity index (χ1) is 9.97. The smallest absolute Gasteiger partial charge is 0.262 e. The number of benzene rings is 2. The van der Waals surface area contributed by atoms with E-state index in [0.29, 0.717) is 5.69 Å².